The molecule has 0 aromatic carbocycles. The van der Waals surface area contributed by atoms with Gasteiger partial charge in [-0.15, -0.1) is 0 Å². The third kappa shape index (κ3) is 9.09. The highest BCUT2D eigenvalue weighted by Gasteiger charge is 2.24. The smallest absolute Gasteiger partial charge is 0.226 e. The zero-order valence-electron chi connectivity index (χ0n) is 11.8. The van der Waals surface area contributed by atoms with Gasteiger partial charge < -0.3 is 0 Å². The van der Waals surface area contributed by atoms with Crippen LogP contribution in [-0.2, 0) is 19.6 Å². The highest BCUT2D eigenvalue weighted by Crippen LogP contribution is 2.17. The van der Waals surface area contributed by atoms with E-state index in [9.17, 15) is 0 Å². The van der Waals surface area contributed by atoms with Crippen LogP contribution < -0.4 is 0 Å². The van der Waals surface area contributed by atoms with Crippen LogP contribution in [0.1, 0.15) is 55.4 Å². The molecule has 0 aromatic rings. The van der Waals surface area contributed by atoms with Crippen LogP contribution in [0.3, 0.4) is 0 Å². The Labute approximate surface area is 99.1 Å². The minimum Gasteiger partial charge on any atom is -0.228 e. The Hall–Kier alpha value is -0.160. The van der Waals surface area contributed by atoms with Gasteiger partial charge in [-0.05, 0) is 41.5 Å². The maximum atomic E-state index is 5.22. The van der Waals surface area contributed by atoms with E-state index in [2.05, 4.69) is 0 Å². The molecule has 0 saturated heterocycles. The van der Waals surface area contributed by atoms with E-state index in [0.29, 0.717) is 0 Å². The van der Waals surface area contributed by atoms with Crippen LogP contribution in [-0.4, -0.2) is 17.5 Å². The van der Waals surface area contributed by atoms with E-state index in [1.165, 1.54) is 0 Å². The zero-order valence-corrected chi connectivity index (χ0v) is 11.8. The fraction of sp³-hybridized carbons (Fsp3) is 1.00. The molecular formula is C12H26O4. The van der Waals surface area contributed by atoms with Gasteiger partial charge in [0.2, 0.25) is 6.29 Å². The van der Waals surface area contributed by atoms with Gasteiger partial charge in [0.25, 0.3) is 0 Å². The van der Waals surface area contributed by atoms with Crippen molar-refractivity contribution in [3.63, 3.8) is 0 Å². The summed E-state index contributed by atoms with van der Waals surface area (Å²) in [6, 6.07) is 0. The molecule has 0 radical (unpaired) electrons. The Bertz CT molecular complexity index is 170. The lowest BCUT2D eigenvalue weighted by Crippen LogP contribution is -2.32. The van der Waals surface area contributed by atoms with Crippen molar-refractivity contribution in [1.82, 2.24) is 0 Å². The maximum Gasteiger partial charge on any atom is 0.226 e. The second-order valence-corrected chi connectivity index (χ2v) is 6.20. The monoisotopic (exact) mass is 234 g/mol. The van der Waals surface area contributed by atoms with E-state index in [4.69, 9.17) is 19.6 Å². The molecule has 0 fully saturated rings. The fourth-order valence-corrected chi connectivity index (χ4v) is 0.622. The lowest BCUT2D eigenvalue weighted by atomic mass is 10.2. The number of hydrogen-bond donors (Lipinski definition) is 0. The topological polar surface area (TPSA) is 36.9 Å². The molecule has 0 aromatic heterocycles. The molecule has 98 valence electrons. The van der Waals surface area contributed by atoms with Crippen molar-refractivity contribution in [1.29, 1.82) is 0 Å². The Morgan fingerprint density at radius 2 is 1.00 bits per heavy atom. The van der Waals surface area contributed by atoms with Gasteiger partial charge in [0, 0.05) is 5.92 Å². The van der Waals surface area contributed by atoms with Gasteiger partial charge in [-0.3, -0.25) is 0 Å². The average molecular weight is 234 g/mol. The molecule has 0 unspecified atom stereocenters. The molecule has 0 heterocycles. The number of hydrogen-bond acceptors (Lipinski definition) is 4. The lowest BCUT2D eigenvalue weighted by Gasteiger charge is -2.27. The van der Waals surface area contributed by atoms with E-state index >= 15 is 0 Å². The quantitative estimate of drug-likeness (QED) is 0.415. The molecule has 0 aliphatic carbocycles. The third-order valence-electron chi connectivity index (χ3n) is 1.33. The zero-order chi connectivity index (χ0) is 13.0. The predicted molar refractivity (Wildman–Crippen MR) is 62.5 cm³/mol. The van der Waals surface area contributed by atoms with Gasteiger partial charge in [0.15, 0.2) is 0 Å². The van der Waals surface area contributed by atoms with Crippen molar-refractivity contribution in [3.8, 4) is 0 Å². The second kappa shape index (κ2) is 5.96. The summed E-state index contributed by atoms with van der Waals surface area (Å²) < 4.78 is 0. The highest BCUT2D eigenvalue weighted by molar-refractivity contribution is 4.57. The summed E-state index contributed by atoms with van der Waals surface area (Å²) in [6.07, 6.45) is -0.529. The molecule has 4 heteroatoms. The van der Waals surface area contributed by atoms with Crippen LogP contribution in [0.4, 0.5) is 0 Å². The van der Waals surface area contributed by atoms with Crippen LogP contribution in [0.2, 0.25) is 0 Å². The van der Waals surface area contributed by atoms with Crippen molar-refractivity contribution >= 4 is 0 Å². The first-order chi connectivity index (χ1) is 7.01. The van der Waals surface area contributed by atoms with Crippen molar-refractivity contribution < 1.29 is 19.6 Å². The first-order valence-electron chi connectivity index (χ1n) is 5.70. The molecule has 0 saturated carbocycles. The van der Waals surface area contributed by atoms with Crippen LogP contribution in [0, 0.1) is 5.92 Å². The molecule has 0 rings (SSSR count). The van der Waals surface area contributed by atoms with Gasteiger partial charge in [-0.1, -0.05) is 13.8 Å². The van der Waals surface area contributed by atoms with E-state index in [1.807, 2.05) is 55.4 Å². The van der Waals surface area contributed by atoms with Gasteiger partial charge in [-0.2, -0.15) is 0 Å². The van der Waals surface area contributed by atoms with E-state index < -0.39 is 6.29 Å². The second-order valence-electron chi connectivity index (χ2n) is 6.20. The third-order valence-corrected chi connectivity index (χ3v) is 1.33. The van der Waals surface area contributed by atoms with E-state index in [0.717, 1.165) is 0 Å². The van der Waals surface area contributed by atoms with E-state index in [-0.39, 0.29) is 17.1 Å². The number of rotatable bonds is 5. The predicted octanol–water partition coefficient (Wildman–Crippen LogP) is 3.46. The molecule has 0 amide bonds. The normalized spacial score (nSPS) is 13.9. The maximum absolute atomic E-state index is 5.22. The summed E-state index contributed by atoms with van der Waals surface area (Å²) in [5.74, 6) is 0.143. The highest BCUT2D eigenvalue weighted by atomic mass is 17.3. The lowest BCUT2D eigenvalue weighted by molar-refractivity contribution is -0.504. The summed E-state index contributed by atoms with van der Waals surface area (Å²) in [5, 5.41) is 0. The fourth-order valence-electron chi connectivity index (χ4n) is 0.622. The Morgan fingerprint density at radius 1 is 0.688 bits per heavy atom. The minimum absolute atomic E-state index is 0.143. The van der Waals surface area contributed by atoms with Gasteiger partial charge in [-0.25, -0.2) is 19.6 Å². The van der Waals surface area contributed by atoms with Gasteiger partial charge in [0.1, 0.15) is 0 Å². The van der Waals surface area contributed by atoms with Crippen LogP contribution in [0.15, 0.2) is 0 Å². The summed E-state index contributed by atoms with van der Waals surface area (Å²) in [5.41, 5.74) is -0.726. The molecular weight excluding hydrogens is 208 g/mol. The Balaban J connectivity index is 4.09. The largest absolute Gasteiger partial charge is 0.228 e. The average Bonchev–Trinajstić information content (AvgIpc) is 1.98. The van der Waals surface area contributed by atoms with Crippen molar-refractivity contribution in [2.45, 2.75) is 72.9 Å². The molecule has 0 N–H and O–H groups in total. The first-order valence-corrected chi connectivity index (χ1v) is 5.70. The summed E-state index contributed by atoms with van der Waals surface area (Å²) in [7, 11) is 0. The molecule has 0 aliphatic heterocycles. The first kappa shape index (κ1) is 15.8. The molecule has 0 atom stereocenters. The van der Waals surface area contributed by atoms with Crippen LogP contribution in [0.25, 0.3) is 0 Å². The van der Waals surface area contributed by atoms with Crippen LogP contribution in [0.5, 0.6) is 0 Å². The summed E-state index contributed by atoms with van der Waals surface area (Å²) >= 11 is 0. The summed E-state index contributed by atoms with van der Waals surface area (Å²) in [4.78, 5) is 20.9. The molecule has 0 spiro atoms. The van der Waals surface area contributed by atoms with Crippen molar-refractivity contribution in [2.24, 2.45) is 5.92 Å². The summed E-state index contributed by atoms with van der Waals surface area (Å²) in [6.45, 7) is 15.4. The molecule has 0 bridgehead atoms. The molecule has 0 aliphatic rings. The molecule has 4 nitrogen and oxygen atoms in total. The minimum atomic E-state index is -0.529. The van der Waals surface area contributed by atoms with Crippen molar-refractivity contribution in [2.75, 3.05) is 0 Å². The van der Waals surface area contributed by atoms with E-state index in [1.54, 1.807) is 0 Å². The Morgan fingerprint density at radius 3 is 1.19 bits per heavy atom. The Kier molecular flexibility index (Phi) is 5.90. The van der Waals surface area contributed by atoms with Crippen LogP contribution >= 0.6 is 0 Å². The standard InChI is InChI=1S/C12H26O4/c1-9(2)10(13-15-11(3,4)5)14-16-12(6,7)8/h9-10H,1-8H3. The van der Waals surface area contributed by atoms with Gasteiger partial charge in [0.05, 0.1) is 11.2 Å². The molecule has 16 heavy (non-hydrogen) atoms. The van der Waals surface area contributed by atoms with Crippen molar-refractivity contribution in [3.05, 3.63) is 0 Å². The van der Waals surface area contributed by atoms with Gasteiger partial charge >= 0.3 is 0 Å². The SMILES string of the molecule is CC(C)C(OOC(C)(C)C)OOC(C)(C)C.